The number of benzene rings is 4. The van der Waals surface area contributed by atoms with Crippen LogP contribution in [0.2, 0.25) is 5.02 Å². The molecule has 0 saturated carbocycles. The van der Waals surface area contributed by atoms with Crippen molar-refractivity contribution in [2.45, 2.75) is 24.5 Å². The molecular formula is C28H23ClO. The molecule has 1 atom stereocenters. The van der Waals surface area contributed by atoms with Crippen molar-refractivity contribution in [1.82, 2.24) is 0 Å². The lowest BCUT2D eigenvalue weighted by atomic mass is 9.70. The average Bonchev–Trinajstić information content (AvgIpc) is 3.15. The lowest BCUT2D eigenvalue weighted by Gasteiger charge is -2.32. The molecule has 0 amide bonds. The maximum Gasteiger partial charge on any atom is 0.0847 e. The van der Waals surface area contributed by atoms with Crippen molar-refractivity contribution < 1.29 is 4.74 Å². The Labute approximate surface area is 182 Å². The quantitative estimate of drug-likeness (QED) is 0.334. The number of hydrogen-bond donors (Lipinski definition) is 0. The number of ether oxygens (including phenoxy) is 1. The largest absolute Gasteiger partial charge is 0.369 e. The summed E-state index contributed by atoms with van der Waals surface area (Å²) in [6, 6.07) is 38.2. The third-order valence-corrected chi connectivity index (χ3v) is 6.56. The molecule has 0 spiro atoms. The Hall–Kier alpha value is -2.87. The molecule has 0 fully saturated rings. The van der Waals surface area contributed by atoms with Gasteiger partial charge in [-0.3, -0.25) is 0 Å². The van der Waals surface area contributed by atoms with Crippen molar-refractivity contribution in [2.75, 3.05) is 0 Å². The fraction of sp³-hybridized carbons (Fsp3) is 0.143. The smallest absolute Gasteiger partial charge is 0.0847 e. The lowest BCUT2D eigenvalue weighted by Crippen LogP contribution is -2.26. The summed E-state index contributed by atoms with van der Waals surface area (Å²) >= 11 is 6.38. The molecule has 0 saturated heterocycles. The molecule has 30 heavy (non-hydrogen) atoms. The van der Waals surface area contributed by atoms with Crippen LogP contribution in [0.5, 0.6) is 0 Å². The molecule has 1 unspecified atom stereocenters. The fourth-order valence-corrected chi connectivity index (χ4v) is 4.97. The first-order valence-corrected chi connectivity index (χ1v) is 10.7. The zero-order chi connectivity index (χ0) is 20.4. The van der Waals surface area contributed by atoms with Crippen molar-refractivity contribution in [2.24, 2.45) is 0 Å². The zero-order valence-corrected chi connectivity index (χ0v) is 17.4. The van der Waals surface area contributed by atoms with Gasteiger partial charge in [0.1, 0.15) is 0 Å². The van der Waals surface area contributed by atoms with Crippen molar-refractivity contribution >= 4 is 11.6 Å². The first-order chi connectivity index (χ1) is 14.8. The maximum absolute atomic E-state index is 6.51. The van der Waals surface area contributed by atoms with Crippen LogP contribution in [0.1, 0.15) is 40.3 Å². The highest BCUT2D eigenvalue weighted by atomic mass is 35.5. The van der Waals surface area contributed by atoms with Gasteiger partial charge in [0.25, 0.3) is 0 Å². The highest BCUT2D eigenvalue weighted by molar-refractivity contribution is 6.31. The van der Waals surface area contributed by atoms with Gasteiger partial charge in [0.2, 0.25) is 0 Å². The van der Waals surface area contributed by atoms with Gasteiger partial charge in [0.05, 0.1) is 12.7 Å². The van der Waals surface area contributed by atoms with Crippen LogP contribution in [0.3, 0.4) is 0 Å². The van der Waals surface area contributed by atoms with Gasteiger partial charge < -0.3 is 4.74 Å². The summed E-state index contributed by atoms with van der Waals surface area (Å²) in [4.78, 5) is 0. The number of rotatable bonds is 5. The van der Waals surface area contributed by atoms with E-state index in [0.717, 1.165) is 17.0 Å². The van der Waals surface area contributed by atoms with Crippen molar-refractivity contribution in [1.29, 1.82) is 0 Å². The van der Waals surface area contributed by atoms with Crippen molar-refractivity contribution in [3.05, 3.63) is 142 Å². The van der Waals surface area contributed by atoms with Crippen LogP contribution in [0.25, 0.3) is 0 Å². The second kappa shape index (κ2) is 8.10. The summed E-state index contributed by atoms with van der Waals surface area (Å²) in [5, 5.41) is 0.751. The molecule has 0 heterocycles. The predicted molar refractivity (Wildman–Crippen MR) is 123 cm³/mol. The van der Waals surface area contributed by atoms with E-state index in [1.54, 1.807) is 0 Å². The SMILES string of the molecule is Clc1ccccc1COC1CC(c2ccccc2)(c2ccccc2)c2ccccc21. The van der Waals surface area contributed by atoms with Gasteiger partial charge >= 0.3 is 0 Å². The van der Waals surface area contributed by atoms with Crippen LogP contribution in [0.15, 0.2) is 109 Å². The molecule has 1 nitrogen and oxygen atoms in total. The van der Waals surface area contributed by atoms with E-state index >= 15 is 0 Å². The molecule has 0 bridgehead atoms. The van der Waals surface area contributed by atoms with Crippen molar-refractivity contribution in [3.63, 3.8) is 0 Å². The Kier molecular flexibility index (Phi) is 5.16. The predicted octanol–water partition coefficient (Wildman–Crippen LogP) is 7.34. The molecule has 148 valence electrons. The number of halogens is 1. The van der Waals surface area contributed by atoms with Gasteiger partial charge in [-0.05, 0) is 40.3 Å². The van der Waals surface area contributed by atoms with E-state index in [0.29, 0.717) is 6.61 Å². The third-order valence-electron chi connectivity index (χ3n) is 6.19. The van der Waals surface area contributed by atoms with Crippen LogP contribution >= 0.6 is 11.6 Å². The van der Waals surface area contributed by atoms with Gasteiger partial charge in [-0.2, -0.15) is 0 Å². The Balaban J connectivity index is 1.60. The Morgan fingerprint density at radius 2 is 1.27 bits per heavy atom. The molecule has 1 aliphatic carbocycles. The van der Waals surface area contributed by atoms with E-state index in [-0.39, 0.29) is 11.5 Å². The lowest BCUT2D eigenvalue weighted by molar-refractivity contribution is 0.0353. The summed E-state index contributed by atoms with van der Waals surface area (Å²) in [5.74, 6) is 0. The average molecular weight is 411 g/mol. The normalized spacial score (nSPS) is 16.9. The van der Waals surface area contributed by atoms with Crippen LogP contribution in [-0.4, -0.2) is 0 Å². The van der Waals surface area contributed by atoms with E-state index in [4.69, 9.17) is 16.3 Å². The van der Waals surface area contributed by atoms with Gasteiger partial charge in [-0.15, -0.1) is 0 Å². The minimum Gasteiger partial charge on any atom is -0.369 e. The first-order valence-electron chi connectivity index (χ1n) is 10.3. The minimum absolute atomic E-state index is 0.00196. The van der Waals surface area contributed by atoms with Gasteiger partial charge in [0.15, 0.2) is 0 Å². The molecule has 1 aliphatic rings. The van der Waals surface area contributed by atoms with Crippen molar-refractivity contribution in [3.8, 4) is 0 Å². The molecular weight excluding hydrogens is 388 g/mol. The van der Waals surface area contributed by atoms with E-state index in [2.05, 4.69) is 84.9 Å². The van der Waals surface area contributed by atoms with E-state index in [9.17, 15) is 0 Å². The van der Waals surface area contributed by atoms with Crippen LogP contribution in [0.4, 0.5) is 0 Å². The third kappa shape index (κ3) is 3.25. The summed E-state index contributed by atoms with van der Waals surface area (Å²) < 4.78 is 6.51. The molecule has 0 aromatic heterocycles. The van der Waals surface area contributed by atoms with Gasteiger partial charge in [0, 0.05) is 10.4 Å². The van der Waals surface area contributed by atoms with Crippen LogP contribution in [0, 0.1) is 0 Å². The van der Waals surface area contributed by atoms with Gasteiger partial charge in [-0.25, -0.2) is 0 Å². The topological polar surface area (TPSA) is 9.23 Å². The molecule has 4 aromatic carbocycles. The molecule has 0 N–H and O–H groups in total. The van der Waals surface area contributed by atoms with Crippen LogP contribution < -0.4 is 0 Å². The maximum atomic E-state index is 6.51. The summed E-state index contributed by atoms with van der Waals surface area (Å²) in [6.07, 6.45) is 0.864. The highest BCUT2D eigenvalue weighted by Crippen LogP contribution is 2.54. The van der Waals surface area contributed by atoms with Gasteiger partial charge in [-0.1, -0.05) is 115 Å². The number of fused-ring (bicyclic) bond motifs is 1. The summed E-state index contributed by atoms with van der Waals surface area (Å²) in [7, 11) is 0. The first kappa shape index (κ1) is 19.1. The van der Waals surface area contributed by atoms with E-state index in [1.165, 1.54) is 22.3 Å². The Morgan fingerprint density at radius 1 is 0.700 bits per heavy atom. The van der Waals surface area contributed by atoms with E-state index in [1.807, 2.05) is 24.3 Å². The molecule has 2 heteroatoms. The summed E-state index contributed by atoms with van der Waals surface area (Å²) in [5.41, 5.74) is 5.97. The van der Waals surface area contributed by atoms with Crippen LogP contribution in [-0.2, 0) is 16.8 Å². The number of hydrogen-bond acceptors (Lipinski definition) is 1. The van der Waals surface area contributed by atoms with E-state index < -0.39 is 0 Å². The summed E-state index contributed by atoms with van der Waals surface area (Å²) in [6.45, 7) is 0.498. The second-order valence-corrected chi connectivity index (χ2v) is 8.23. The highest BCUT2D eigenvalue weighted by Gasteiger charge is 2.46. The molecule has 4 aromatic rings. The Morgan fingerprint density at radius 3 is 1.93 bits per heavy atom. The second-order valence-electron chi connectivity index (χ2n) is 7.82. The Bertz CT molecular complexity index is 1100. The fourth-order valence-electron chi connectivity index (χ4n) is 4.78. The molecule has 0 radical (unpaired) electrons. The standard InChI is InChI=1S/C28H23ClO/c29-26-18-10-7-11-21(26)20-30-27-19-28(22-12-3-1-4-13-22,23-14-5-2-6-15-23)25-17-9-8-16-24(25)27/h1-18,27H,19-20H2. The molecule has 0 aliphatic heterocycles. The zero-order valence-electron chi connectivity index (χ0n) is 16.7. The monoisotopic (exact) mass is 410 g/mol. The molecule has 5 rings (SSSR count). The minimum atomic E-state index is -0.232.